The Hall–Kier alpha value is -0.890. The van der Waals surface area contributed by atoms with Crippen molar-refractivity contribution >= 4 is 0 Å². The second-order valence-corrected chi connectivity index (χ2v) is 5.74. The fraction of sp³-hybridized carbons (Fsp3) is 0.667. The summed E-state index contributed by atoms with van der Waals surface area (Å²) in [7, 11) is 0. The van der Waals surface area contributed by atoms with Crippen LogP contribution in [0.2, 0.25) is 0 Å². The van der Waals surface area contributed by atoms with Crippen molar-refractivity contribution in [2.45, 2.75) is 51.6 Å². The molecular formula is C15H23NO. The number of hydrogen-bond donors (Lipinski definition) is 1. The number of pyridine rings is 1. The van der Waals surface area contributed by atoms with Crippen molar-refractivity contribution in [1.29, 1.82) is 0 Å². The van der Waals surface area contributed by atoms with E-state index in [9.17, 15) is 5.11 Å². The van der Waals surface area contributed by atoms with E-state index in [2.05, 4.69) is 24.9 Å². The summed E-state index contributed by atoms with van der Waals surface area (Å²) in [6.45, 7) is 4.45. The van der Waals surface area contributed by atoms with Crippen molar-refractivity contribution in [2.24, 2.45) is 11.8 Å². The molecule has 1 N–H and O–H groups in total. The normalized spacial score (nSPS) is 29.5. The minimum Gasteiger partial charge on any atom is -0.389 e. The first-order valence-corrected chi connectivity index (χ1v) is 6.73. The number of rotatable bonds is 3. The largest absolute Gasteiger partial charge is 0.389 e. The van der Waals surface area contributed by atoms with E-state index in [-0.39, 0.29) is 0 Å². The van der Waals surface area contributed by atoms with E-state index in [1.165, 1.54) is 6.42 Å². The second kappa shape index (κ2) is 5.18. The fourth-order valence-electron chi connectivity index (χ4n) is 3.28. The van der Waals surface area contributed by atoms with Crippen LogP contribution in [0.25, 0.3) is 0 Å². The molecule has 1 fully saturated rings. The lowest BCUT2D eigenvalue weighted by Gasteiger charge is -2.42. The van der Waals surface area contributed by atoms with Crippen molar-refractivity contribution in [3.8, 4) is 0 Å². The second-order valence-electron chi connectivity index (χ2n) is 5.74. The van der Waals surface area contributed by atoms with Gasteiger partial charge in [-0.2, -0.15) is 0 Å². The maximum absolute atomic E-state index is 10.9. The Labute approximate surface area is 104 Å². The summed E-state index contributed by atoms with van der Waals surface area (Å²) in [6.07, 6.45) is 8.93. The molecule has 2 unspecified atom stereocenters. The zero-order valence-corrected chi connectivity index (χ0v) is 10.9. The highest BCUT2D eigenvalue weighted by Gasteiger charge is 2.40. The van der Waals surface area contributed by atoms with Crippen molar-refractivity contribution in [3.05, 3.63) is 30.1 Å². The van der Waals surface area contributed by atoms with Gasteiger partial charge in [-0.1, -0.05) is 32.8 Å². The van der Waals surface area contributed by atoms with Gasteiger partial charge in [-0.25, -0.2) is 0 Å². The number of nitrogens with zero attached hydrogens (tertiary/aromatic N) is 1. The van der Waals surface area contributed by atoms with Crippen LogP contribution in [0.1, 0.15) is 45.1 Å². The van der Waals surface area contributed by atoms with Gasteiger partial charge in [-0.3, -0.25) is 4.98 Å². The molecule has 2 atom stereocenters. The monoisotopic (exact) mass is 233 g/mol. The molecule has 1 aliphatic rings. The molecule has 94 valence electrons. The lowest BCUT2D eigenvalue weighted by atomic mass is 9.68. The standard InChI is InChI=1S/C15H23NO/c1-12(2)14-7-3-4-8-15(14,17)10-13-6-5-9-16-11-13/h5-6,9,11-12,14,17H,3-4,7-8,10H2,1-2H3. The first-order valence-electron chi connectivity index (χ1n) is 6.73. The lowest BCUT2D eigenvalue weighted by Crippen LogP contribution is -2.45. The van der Waals surface area contributed by atoms with E-state index in [0.717, 1.165) is 31.2 Å². The maximum Gasteiger partial charge on any atom is 0.0718 e. The predicted molar refractivity (Wildman–Crippen MR) is 69.7 cm³/mol. The molecule has 2 heteroatoms. The zero-order valence-electron chi connectivity index (χ0n) is 10.9. The molecule has 0 spiro atoms. The Bertz CT molecular complexity index is 349. The van der Waals surface area contributed by atoms with E-state index in [1.54, 1.807) is 6.20 Å². The van der Waals surface area contributed by atoms with Crippen molar-refractivity contribution in [1.82, 2.24) is 4.98 Å². The van der Waals surface area contributed by atoms with Gasteiger partial charge in [0.1, 0.15) is 0 Å². The summed E-state index contributed by atoms with van der Waals surface area (Å²) < 4.78 is 0. The van der Waals surface area contributed by atoms with Crippen molar-refractivity contribution < 1.29 is 5.11 Å². The van der Waals surface area contributed by atoms with Gasteiger partial charge in [0.05, 0.1) is 5.60 Å². The van der Waals surface area contributed by atoms with E-state index in [4.69, 9.17) is 0 Å². The summed E-state index contributed by atoms with van der Waals surface area (Å²) in [5, 5.41) is 10.9. The van der Waals surface area contributed by atoms with Crippen molar-refractivity contribution in [3.63, 3.8) is 0 Å². The smallest absolute Gasteiger partial charge is 0.0718 e. The molecule has 0 radical (unpaired) electrons. The number of aliphatic hydroxyl groups is 1. The molecule has 2 rings (SSSR count). The van der Waals surface area contributed by atoms with Crippen LogP contribution in [-0.2, 0) is 6.42 Å². The Morgan fingerprint density at radius 3 is 2.94 bits per heavy atom. The Kier molecular flexibility index (Phi) is 3.82. The van der Waals surface area contributed by atoms with Gasteiger partial charge in [-0.15, -0.1) is 0 Å². The van der Waals surface area contributed by atoms with E-state index >= 15 is 0 Å². The van der Waals surface area contributed by atoms with Gasteiger partial charge in [0.25, 0.3) is 0 Å². The quantitative estimate of drug-likeness (QED) is 0.869. The average molecular weight is 233 g/mol. The van der Waals surface area contributed by atoms with E-state index in [1.807, 2.05) is 12.3 Å². The van der Waals surface area contributed by atoms with Gasteiger partial charge in [0.15, 0.2) is 0 Å². The number of aromatic nitrogens is 1. The van der Waals surface area contributed by atoms with E-state index < -0.39 is 5.60 Å². The first kappa shape index (κ1) is 12.6. The van der Waals surface area contributed by atoms with E-state index in [0.29, 0.717) is 11.8 Å². The summed E-state index contributed by atoms with van der Waals surface area (Å²) in [4.78, 5) is 4.14. The highest BCUT2D eigenvalue weighted by Crippen LogP contribution is 2.40. The fourth-order valence-corrected chi connectivity index (χ4v) is 3.28. The third-order valence-corrected chi connectivity index (χ3v) is 4.10. The molecular weight excluding hydrogens is 210 g/mol. The highest BCUT2D eigenvalue weighted by molar-refractivity contribution is 5.13. The van der Waals surface area contributed by atoms with Crippen LogP contribution in [0.5, 0.6) is 0 Å². The first-order chi connectivity index (χ1) is 8.12. The maximum atomic E-state index is 10.9. The third-order valence-electron chi connectivity index (χ3n) is 4.10. The van der Waals surface area contributed by atoms with Gasteiger partial charge < -0.3 is 5.11 Å². The lowest BCUT2D eigenvalue weighted by molar-refractivity contribution is -0.0653. The topological polar surface area (TPSA) is 33.1 Å². The Balaban J connectivity index is 2.15. The summed E-state index contributed by atoms with van der Waals surface area (Å²) in [6, 6.07) is 4.02. The predicted octanol–water partition coefficient (Wildman–Crippen LogP) is 3.20. The number of hydrogen-bond acceptors (Lipinski definition) is 2. The van der Waals surface area contributed by atoms with Gasteiger partial charge in [0.2, 0.25) is 0 Å². The minimum absolute atomic E-state index is 0.427. The van der Waals surface area contributed by atoms with Crippen LogP contribution < -0.4 is 0 Å². The Morgan fingerprint density at radius 2 is 2.29 bits per heavy atom. The zero-order chi connectivity index (χ0) is 12.3. The molecule has 1 saturated carbocycles. The molecule has 1 aromatic rings. The average Bonchev–Trinajstić information content (AvgIpc) is 2.30. The van der Waals surface area contributed by atoms with Crippen LogP contribution in [0.3, 0.4) is 0 Å². The molecule has 0 aromatic carbocycles. The molecule has 0 aliphatic heterocycles. The molecule has 0 bridgehead atoms. The summed E-state index contributed by atoms with van der Waals surface area (Å²) in [5.41, 5.74) is 0.637. The van der Waals surface area contributed by atoms with Crippen LogP contribution in [0.4, 0.5) is 0 Å². The molecule has 0 saturated heterocycles. The minimum atomic E-state index is -0.518. The van der Waals surface area contributed by atoms with Gasteiger partial charge in [-0.05, 0) is 36.3 Å². The third kappa shape index (κ3) is 2.86. The van der Waals surface area contributed by atoms with Crippen LogP contribution in [-0.4, -0.2) is 15.7 Å². The van der Waals surface area contributed by atoms with Gasteiger partial charge >= 0.3 is 0 Å². The van der Waals surface area contributed by atoms with Crippen LogP contribution in [0.15, 0.2) is 24.5 Å². The molecule has 17 heavy (non-hydrogen) atoms. The summed E-state index contributed by atoms with van der Waals surface area (Å²) in [5.74, 6) is 0.980. The molecule has 2 nitrogen and oxygen atoms in total. The van der Waals surface area contributed by atoms with Gasteiger partial charge in [0, 0.05) is 18.8 Å². The Morgan fingerprint density at radius 1 is 1.47 bits per heavy atom. The summed E-state index contributed by atoms with van der Waals surface area (Å²) >= 11 is 0. The molecule has 1 aliphatic carbocycles. The van der Waals surface area contributed by atoms with Crippen LogP contribution in [0, 0.1) is 11.8 Å². The molecule has 0 amide bonds. The van der Waals surface area contributed by atoms with Crippen LogP contribution >= 0.6 is 0 Å². The molecule has 1 heterocycles. The molecule has 1 aromatic heterocycles. The highest BCUT2D eigenvalue weighted by atomic mass is 16.3. The SMILES string of the molecule is CC(C)C1CCCCC1(O)Cc1cccnc1. The van der Waals surface area contributed by atoms with Crippen molar-refractivity contribution in [2.75, 3.05) is 0 Å².